The lowest BCUT2D eigenvalue weighted by atomic mass is 9.72. The number of hydrogen-bond donors (Lipinski definition) is 0. The minimum atomic E-state index is 0.557. The van der Waals surface area contributed by atoms with Crippen molar-refractivity contribution in [3.63, 3.8) is 0 Å². The number of benzene rings is 2. The lowest BCUT2D eigenvalue weighted by Gasteiger charge is -2.42. The predicted molar refractivity (Wildman–Crippen MR) is 98.3 cm³/mol. The third kappa shape index (κ3) is 1.96. The first kappa shape index (κ1) is 15.0. The Bertz CT molecular complexity index is 829. The summed E-state index contributed by atoms with van der Waals surface area (Å²) in [7, 11) is 2.30. The highest BCUT2D eigenvalue weighted by Gasteiger charge is 2.35. The van der Waals surface area contributed by atoms with Gasteiger partial charge in [-0.2, -0.15) is 0 Å². The van der Waals surface area contributed by atoms with Crippen molar-refractivity contribution in [2.75, 3.05) is 13.6 Å². The topological polar surface area (TPSA) is 3.24 Å². The fourth-order valence-electron chi connectivity index (χ4n) is 4.70. The molecule has 1 nitrogen and oxygen atoms in total. The molecule has 0 fully saturated rings. The number of hydrogen-bond acceptors (Lipinski definition) is 1. The number of likely N-dealkylation sites (N-methyl/N-ethyl adjacent to an activating group) is 1. The van der Waals surface area contributed by atoms with Crippen molar-refractivity contribution in [2.45, 2.75) is 53.5 Å². The van der Waals surface area contributed by atoms with E-state index in [4.69, 9.17) is 0 Å². The molecule has 0 saturated carbocycles. The van der Waals surface area contributed by atoms with Gasteiger partial charge in [0.2, 0.25) is 0 Å². The average molecular weight is 305 g/mol. The van der Waals surface area contributed by atoms with Crippen molar-refractivity contribution < 1.29 is 0 Å². The molecule has 2 aliphatic rings. The zero-order valence-electron chi connectivity index (χ0n) is 15.3. The third-order valence-electron chi connectivity index (χ3n) is 6.53. The van der Waals surface area contributed by atoms with E-state index in [1.54, 1.807) is 16.7 Å². The molecule has 2 aromatic rings. The van der Waals surface area contributed by atoms with E-state index < -0.39 is 0 Å². The van der Waals surface area contributed by atoms with Gasteiger partial charge in [0.05, 0.1) is 0 Å². The van der Waals surface area contributed by atoms with Crippen LogP contribution in [-0.2, 0) is 12.8 Å². The van der Waals surface area contributed by atoms with Crippen LogP contribution in [0.2, 0.25) is 0 Å². The molecule has 0 amide bonds. The van der Waals surface area contributed by atoms with Gasteiger partial charge in [-0.15, -0.1) is 0 Å². The molecule has 0 radical (unpaired) electrons. The van der Waals surface area contributed by atoms with E-state index >= 15 is 0 Å². The first-order valence-electron chi connectivity index (χ1n) is 8.83. The second-order valence-corrected chi connectivity index (χ2v) is 7.69. The third-order valence-corrected chi connectivity index (χ3v) is 6.53. The standard InChI is InChI=1S/C22H27N/c1-12-9-17-11-20-22-18(7-8-23(20)6)15(4)14(3)16(5)21(22)19(17)10-13(12)2/h9-10,20H,7-8,11H2,1-6H3. The quantitative estimate of drug-likeness (QED) is 0.663. The SMILES string of the molecule is Cc1cc2c(cc1C)-c1c(C)c(C)c(C)c3c1C(C2)N(C)CC3. The molecule has 0 aromatic heterocycles. The van der Waals surface area contributed by atoms with E-state index in [0.717, 1.165) is 6.42 Å². The zero-order valence-corrected chi connectivity index (χ0v) is 15.3. The lowest BCUT2D eigenvalue weighted by molar-refractivity contribution is 0.227. The van der Waals surface area contributed by atoms with Crippen LogP contribution in [0.1, 0.15) is 50.5 Å². The van der Waals surface area contributed by atoms with E-state index in [0.29, 0.717) is 6.04 Å². The molecule has 0 spiro atoms. The maximum atomic E-state index is 2.57. The fourth-order valence-corrected chi connectivity index (χ4v) is 4.70. The van der Waals surface area contributed by atoms with Gasteiger partial charge in [0, 0.05) is 12.6 Å². The summed E-state index contributed by atoms with van der Waals surface area (Å²) in [6, 6.07) is 5.43. The maximum absolute atomic E-state index is 2.57. The van der Waals surface area contributed by atoms with Crippen molar-refractivity contribution in [3.05, 3.63) is 56.6 Å². The minimum absolute atomic E-state index is 0.557. The van der Waals surface area contributed by atoms with Crippen LogP contribution in [0.25, 0.3) is 11.1 Å². The van der Waals surface area contributed by atoms with E-state index in [1.807, 2.05) is 0 Å². The van der Waals surface area contributed by atoms with Crippen molar-refractivity contribution >= 4 is 0 Å². The summed E-state index contributed by atoms with van der Waals surface area (Å²) in [6.07, 6.45) is 2.36. The van der Waals surface area contributed by atoms with Crippen molar-refractivity contribution in [1.82, 2.24) is 4.90 Å². The van der Waals surface area contributed by atoms with Crippen LogP contribution < -0.4 is 0 Å². The number of aryl methyl sites for hydroxylation is 2. The predicted octanol–water partition coefficient (Wildman–Crippen LogP) is 4.98. The molecule has 2 aromatic carbocycles. The minimum Gasteiger partial charge on any atom is -0.299 e. The summed E-state index contributed by atoms with van der Waals surface area (Å²) in [6.45, 7) is 12.6. The van der Waals surface area contributed by atoms with E-state index in [1.165, 1.54) is 51.9 Å². The van der Waals surface area contributed by atoms with E-state index in [2.05, 4.69) is 58.7 Å². The summed E-state index contributed by atoms with van der Waals surface area (Å²) < 4.78 is 0. The fraction of sp³-hybridized carbons (Fsp3) is 0.455. The molecule has 1 heterocycles. The number of rotatable bonds is 0. The van der Waals surface area contributed by atoms with E-state index in [-0.39, 0.29) is 0 Å². The van der Waals surface area contributed by atoms with Crippen LogP contribution in [0.4, 0.5) is 0 Å². The second kappa shape index (κ2) is 4.95. The summed E-state index contributed by atoms with van der Waals surface area (Å²) in [5, 5.41) is 0. The summed E-state index contributed by atoms with van der Waals surface area (Å²) in [5.41, 5.74) is 15.2. The molecule has 0 bridgehead atoms. The van der Waals surface area contributed by atoms with Crippen molar-refractivity contribution in [3.8, 4) is 11.1 Å². The van der Waals surface area contributed by atoms with Gasteiger partial charge in [0.15, 0.2) is 0 Å². The molecule has 0 saturated heterocycles. The van der Waals surface area contributed by atoms with Gasteiger partial charge < -0.3 is 0 Å². The van der Waals surface area contributed by atoms with Gasteiger partial charge in [-0.05, 0) is 110 Å². The Morgan fingerprint density at radius 2 is 1.61 bits per heavy atom. The molecule has 1 heteroatoms. The Morgan fingerprint density at radius 3 is 2.35 bits per heavy atom. The summed E-state index contributed by atoms with van der Waals surface area (Å²) in [5.74, 6) is 0. The Morgan fingerprint density at radius 1 is 0.913 bits per heavy atom. The van der Waals surface area contributed by atoms with Gasteiger partial charge >= 0.3 is 0 Å². The zero-order chi connectivity index (χ0) is 16.5. The van der Waals surface area contributed by atoms with Gasteiger partial charge in [-0.3, -0.25) is 4.90 Å². The molecule has 1 aliphatic heterocycles. The van der Waals surface area contributed by atoms with Crippen molar-refractivity contribution in [2.24, 2.45) is 0 Å². The van der Waals surface area contributed by atoms with Crippen LogP contribution in [0.5, 0.6) is 0 Å². The highest BCUT2D eigenvalue weighted by atomic mass is 15.1. The van der Waals surface area contributed by atoms with Gasteiger partial charge in [-0.25, -0.2) is 0 Å². The Kier molecular flexibility index (Phi) is 3.22. The summed E-state index contributed by atoms with van der Waals surface area (Å²) in [4.78, 5) is 2.57. The lowest BCUT2D eigenvalue weighted by Crippen LogP contribution is -2.36. The number of nitrogens with zero attached hydrogens (tertiary/aromatic N) is 1. The summed E-state index contributed by atoms with van der Waals surface area (Å²) >= 11 is 0. The molecule has 0 N–H and O–H groups in total. The molecule has 120 valence electrons. The normalized spacial score (nSPS) is 19.5. The Labute approximate surface area is 140 Å². The Hall–Kier alpha value is -1.60. The molecular formula is C22H27N. The smallest absolute Gasteiger partial charge is 0.0394 e. The maximum Gasteiger partial charge on any atom is 0.0394 e. The van der Waals surface area contributed by atoms with Gasteiger partial charge in [0.1, 0.15) is 0 Å². The first-order valence-corrected chi connectivity index (χ1v) is 8.83. The highest BCUT2D eigenvalue weighted by molar-refractivity contribution is 5.81. The highest BCUT2D eigenvalue weighted by Crippen LogP contribution is 2.48. The van der Waals surface area contributed by atoms with Crippen molar-refractivity contribution in [1.29, 1.82) is 0 Å². The Balaban J connectivity index is 2.12. The molecule has 1 unspecified atom stereocenters. The molecule has 4 rings (SSSR count). The molecule has 1 atom stereocenters. The van der Waals surface area contributed by atoms with Crippen LogP contribution in [-0.4, -0.2) is 18.5 Å². The average Bonchev–Trinajstić information content (AvgIpc) is 2.52. The van der Waals surface area contributed by atoms with Crippen LogP contribution in [0.15, 0.2) is 12.1 Å². The molecule has 1 aliphatic carbocycles. The largest absolute Gasteiger partial charge is 0.299 e. The number of fused-ring (bicyclic) bond motifs is 2. The van der Waals surface area contributed by atoms with Crippen LogP contribution in [0.3, 0.4) is 0 Å². The van der Waals surface area contributed by atoms with Gasteiger partial charge in [-0.1, -0.05) is 12.1 Å². The van der Waals surface area contributed by atoms with Crippen LogP contribution >= 0.6 is 0 Å². The van der Waals surface area contributed by atoms with Gasteiger partial charge in [0.25, 0.3) is 0 Å². The van der Waals surface area contributed by atoms with E-state index in [9.17, 15) is 0 Å². The second-order valence-electron chi connectivity index (χ2n) is 7.69. The monoisotopic (exact) mass is 305 g/mol. The van der Waals surface area contributed by atoms with Crippen LogP contribution in [0, 0.1) is 34.6 Å². The first-order chi connectivity index (χ1) is 10.9. The molecular weight excluding hydrogens is 278 g/mol. The molecule has 23 heavy (non-hydrogen) atoms.